The quantitative estimate of drug-likeness (QED) is 0.565. The van der Waals surface area contributed by atoms with Crippen molar-refractivity contribution in [2.45, 2.75) is 25.5 Å². The maximum atomic E-state index is 13.1. The van der Waals surface area contributed by atoms with Crippen molar-refractivity contribution in [2.75, 3.05) is 25.0 Å². The fraction of sp³-hybridized carbons (Fsp3) is 0.333. The molecule has 1 unspecified atom stereocenters. The summed E-state index contributed by atoms with van der Waals surface area (Å²) < 4.78 is 18.9. The molecule has 1 aromatic carbocycles. The molecule has 0 aliphatic carbocycles. The van der Waals surface area contributed by atoms with Crippen LogP contribution < -0.4 is 5.32 Å². The second-order valence-corrected chi connectivity index (χ2v) is 8.87. The van der Waals surface area contributed by atoms with E-state index >= 15 is 0 Å². The second-order valence-electron chi connectivity index (χ2n) is 6.98. The Bertz CT molecular complexity index is 922. The number of anilines is 1. The number of nitrogens with zero attached hydrogens (tertiary/aromatic N) is 2. The highest BCUT2D eigenvalue weighted by Gasteiger charge is 2.21. The van der Waals surface area contributed by atoms with E-state index in [0.29, 0.717) is 5.13 Å². The summed E-state index contributed by atoms with van der Waals surface area (Å²) in [6.45, 7) is 2.55. The van der Waals surface area contributed by atoms with Gasteiger partial charge < -0.3 is 10.1 Å². The van der Waals surface area contributed by atoms with E-state index in [2.05, 4.69) is 21.3 Å². The monoisotopic (exact) mass is 431 g/mol. The molecule has 29 heavy (non-hydrogen) atoms. The fourth-order valence-corrected chi connectivity index (χ4v) is 4.81. The Morgan fingerprint density at radius 2 is 2.14 bits per heavy atom. The summed E-state index contributed by atoms with van der Waals surface area (Å²) in [6, 6.07) is 10.3. The smallest absolute Gasteiger partial charge is 0.240 e. The zero-order chi connectivity index (χ0) is 20.1. The van der Waals surface area contributed by atoms with E-state index < -0.39 is 0 Å². The van der Waals surface area contributed by atoms with E-state index in [0.717, 1.165) is 43.8 Å². The third-order valence-corrected chi connectivity index (χ3v) is 6.32. The summed E-state index contributed by atoms with van der Waals surface area (Å²) in [5.41, 5.74) is 1.54. The number of hydrogen-bond acceptors (Lipinski definition) is 6. The number of ether oxygens (including phenoxy) is 1. The van der Waals surface area contributed by atoms with Crippen LogP contribution in [0.25, 0.3) is 11.3 Å². The molecule has 3 heterocycles. The Hall–Kier alpha value is -2.13. The number of hydrogen-bond donors (Lipinski definition) is 1. The van der Waals surface area contributed by atoms with Gasteiger partial charge in [0.15, 0.2) is 5.13 Å². The molecule has 1 aliphatic rings. The molecule has 1 fully saturated rings. The molecule has 8 heteroatoms. The maximum absolute atomic E-state index is 13.1. The van der Waals surface area contributed by atoms with Crippen LogP contribution in [0.1, 0.15) is 17.7 Å². The highest BCUT2D eigenvalue weighted by molar-refractivity contribution is 7.14. The fourth-order valence-electron chi connectivity index (χ4n) is 3.33. The SMILES string of the molecule is O=C(CN(Cc1cccs1)CC1CCCO1)Nc1nc(-c2ccc(F)cc2)cs1. The lowest BCUT2D eigenvalue weighted by atomic mass is 10.2. The molecule has 1 atom stereocenters. The first-order chi connectivity index (χ1) is 14.2. The standard InChI is InChI=1S/C21H22FN3O2S2/c22-16-7-5-15(6-8-16)19-14-29-21(23-19)24-20(26)13-25(11-17-3-1-9-27-17)12-18-4-2-10-28-18/h2,4-8,10,14,17H,1,3,9,11-13H2,(H,23,24,26). The van der Waals surface area contributed by atoms with Crippen LogP contribution in [-0.4, -0.2) is 41.6 Å². The molecule has 0 spiro atoms. The minimum absolute atomic E-state index is 0.0976. The Balaban J connectivity index is 1.37. The normalized spacial score (nSPS) is 16.4. The third-order valence-electron chi connectivity index (χ3n) is 4.70. The Kier molecular flexibility index (Phi) is 6.66. The number of aromatic nitrogens is 1. The van der Waals surface area contributed by atoms with Gasteiger partial charge in [-0.1, -0.05) is 6.07 Å². The molecule has 4 rings (SSSR count). The summed E-state index contributed by atoms with van der Waals surface area (Å²) in [6.07, 6.45) is 2.30. The number of nitrogens with one attached hydrogen (secondary N) is 1. The van der Waals surface area contributed by atoms with E-state index in [1.165, 1.54) is 28.3 Å². The van der Waals surface area contributed by atoms with Crippen molar-refractivity contribution in [3.8, 4) is 11.3 Å². The summed E-state index contributed by atoms with van der Waals surface area (Å²) in [7, 11) is 0. The molecule has 0 radical (unpaired) electrons. The maximum Gasteiger partial charge on any atom is 0.240 e. The van der Waals surface area contributed by atoms with Gasteiger partial charge in [0.2, 0.25) is 5.91 Å². The molecule has 0 saturated carbocycles. The van der Waals surface area contributed by atoms with Crippen LogP contribution in [0.2, 0.25) is 0 Å². The van der Waals surface area contributed by atoms with E-state index in [-0.39, 0.29) is 24.4 Å². The van der Waals surface area contributed by atoms with Crippen LogP contribution >= 0.6 is 22.7 Å². The molecular weight excluding hydrogens is 409 g/mol. The van der Waals surface area contributed by atoms with Crippen LogP contribution in [0, 0.1) is 5.82 Å². The summed E-state index contributed by atoms with van der Waals surface area (Å²) in [5.74, 6) is -0.380. The minimum atomic E-state index is -0.283. The van der Waals surface area contributed by atoms with Gasteiger partial charge in [-0.3, -0.25) is 9.69 Å². The zero-order valence-corrected chi connectivity index (χ0v) is 17.5. The molecule has 1 saturated heterocycles. The van der Waals surface area contributed by atoms with Gasteiger partial charge in [0.05, 0.1) is 18.3 Å². The van der Waals surface area contributed by atoms with Crippen molar-refractivity contribution in [2.24, 2.45) is 0 Å². The van der Waals surface area contributed by atoms with E-state index in [1.54, 1.807) is 23.5 Å². The van der Waals surface area contributed by atoms with Crippen molar-refractivity contribution >= 4 is 33.7 Å². The minimum Gasteiger partial charge on any atom is -0.377 e. The largest absolute Gasteiger partial charge is 0.377 e. The molecule has 1 amide bonds. The van der Waals surface area contributed by atoms with Crippen LogP contribution in [0.5, 0.6) is 0 Å². The van der Waals surface area contributed by atoms with Crippen molar-refractivity contribution < 1.29 is 13.9 Å². The molecule has 1 N–H and O–H groups in total. The number of halogens is 1. The van der Waals surface area contributed by atoms with Crippen molar-refractivity contribution in [1.29, 1.82) is 0 Å². The molecule has 2 aromatic heterocycles. The van der Waals surface area contributed by atoms with Crippen molar-refractivity contribution in [1.82, 2.24) is 9.88 Å². The predicted molar refractivity (Wildman–Crippen MR) is 115 cm³/mol. The number of carbonyl (C=O) groups excluding carboxylic acids is 1. The van der Waals surface area contributed by atoms with Crippen LogP contribution in [0.15, 0.2) is 47.2 Å². The summed E-state index contributed by atoms with van der Waals surface area (Å²) in [5, 5.41) is 7.35. The predicted octanol–water partition coefficient (Wildman–Crippen LogP) is 4.63. The summed E-state index contributed by atoms with van der Waals surface area (Å²) in [4.78, 5) is 20.5. The van der Waals surface area contributed by atoms with Gasteiger partial charge in [-0.05, 0) is 48.6 Å². The highest BCUT2D eigenvalue weighted by atomic mass is 32.1. The van der Waals surface area contributed by atoms with Crippen molar-refractivity contribution in [3.05, 3.63) is 57.9 Å². The first kappa shape index (κ1) is 20.2. The Morgan fingerprint density at radius 3 is 2.86 bits per heavy atom. The summed E-state index contributed by atoms with van der Waals surface area (Å²) >= 11 is 3.06. The van der Waals surface area contributed by atoms with Gasteiger partial charge in [-0.2, -0.15) is 0 Å². The van der Waals surface area contributed by atoms with Gasteiger partial charge in [0.25, 0.3) is 0 Å². The first-order valence-electron chi connectivity index (χ1n) is 9.53. The average molecular weight is 432 g/mol. The zero-order valence-electron chi connectivity index (χ0n) is 15.8. The highest BCUT2D eigenvalue weighted by Crippen LogP contribution is 2.25. The van der Waals surface area contributed by atoms with Gasteiger partial charge in [-0.25, -0.2) is 9.37 Å². The molecular formula is C21H22FN3O2S2. The van der Waals surface area contributed by atoms with Crippen LogP contribution in [-0.2, 0) is 16.1 Å². The van der Waals surface area contributed by atoms with Crippen LogP contribution in [0.4, 0.5) is 9.52 Å². The number of carbonyl (C=O) groups is 1. The number of rotatable bonds is 8. The average Bonchev–Trinajstić information content (AvgIpc) is 3.45. The topological polar surface area (TPSA) is 54.5 Å². The third kappa shape index (κ3) is 5.70. The number of thiophene rings is 1. The van der Waals surface area contributed by atoms with E-state index in [4.69, 9.17) is 4.74 Å². The van der Waals surface area contributed by atoms with E-state index in [9.17, 15) is 9.18 Å². The second kappa shape index (κ2) is 9.58. The lowest BCUT2D eigenvalue weighted by Crippen LogP contribution is -2.37. The van der Waals surface area contributed by atoms with E-state index in [1.807, 2.05) is 16.8 Å². The Morgan fingerprint density at radius 1 is 1.28 bits per heavy atom. The van der Waals surface area contributed by atoms with Gasteiger partial charge >= 0.3 is 0 Å². The van der Waals surface area contributed by atoms with Crippen LogP contribution in [0.3, 0.4) is 0 Å². The first-order valence-corrected chi connectivity index (χ1v) is 11.3. The number of thiazole rings is 1. The lowest BCUT2D eigenvalue weighted by Gasteiger charge is -2.23. The Labute approximate surface area is 177 Å². The number of amides is 1. The van der Waals surface area contributed by atoms with Crippen molar-refractivity contribution in [3.63, 3.8) is 0 Å². The van der Waals surface area contributed by atoms with Gasteiger partial charge in [0, 0.05) is 35.5 Å². The molecule has 0 bridgehead atoms. The molecule has 152 valence electrons. The molecule has 5 nitrogen and oxygen atoms in total. The number of benzene rings is 1. The lowest BCUT2D eigenvalue weighted by molar-refractivity contribution is -0.117. The van der Waals surface area contributed by atoms with Gasteiger partial charge in [-0.15, -0.1) is 22.7 Å². The van der Waals surface area contributed by atoms with Gasteiger partial charge in [0.1, 0.15) is 5.82 Å². The molecule has 3 aromatic rings. The molecule has 1 aliphatic heterocycles.